The minimum Gasteiger partial charge on any atom is -0.363 e. The number of benzene rings is 1. The first-order valence-corrected chi connectivity index (χ1v) is 8.26. The summed E-state index contributed by atoms with van der Waals surface area (Å²) in [6.45, 7) is 6.56. The van der Waals surface area contributed by atoms with E-state index in [-0.39, 0.29) is 5.54 Å². The minimum absolute atomic E-state index is 0.189. The van der Waals surface area contributed by atoms with Crippen molar-refractivity contribution in [2.75, 3.05) is 18.0 Å². The molecule has 0 aromatic heterocycles. The molecule has 2 aliphatic rings. The number of nitrogens with zero attached hydrogens (tertiary/aromatic N) is 1. The van der Waals surface area contributed by atoms with E-state index in [1.807, 2.05) is 18.2 Å². The van der Waals surface area contributed by atoms with Crippen LogP contribution in [0.5, 0.6) is 0 Å². The summed E-state index contributed by atoms with van der Waals surface area (Å²) >= 11 is 12.9. The highest BCUT2D eigenvalue weighted by molar-refractivity contribution is 6.39. The van der Waals surface area contributed by atoms with Crippen molar-refractivity contribution in [2.45, 2.75) is 44.7 Å². The average Bonchev–Trinajstić information content (AvgIpc) is 3.23. The number of rotatable bonds is 3. The van der Waals surface area contributed by atoms with E-state index in [1.165, 1.54) is 12.8 Å². The fourth-order valence-corrected chi connectivity index (χ4v) is 4.00. The molecular formula is C16H22Cl2N2. The van der Waals surface area contributed by atoms with Crippen LogP contribution in [0.15, 0.2) is 18.2 Å². The highest BCUT2D eigenvalue weighted by atomic mass is 35.5. The molecule has 0 spiro atoms. The molecule has 0 bridgehead atoms. The maximum absolute atomic E-state index is 6.43. The van der Waals surface area contributed by atoms with Gasteiger partial charge in [-0.25, -0.2) is 0 Å². The molecule has 1 saturated heterocycles. The first-order chi connectivity index (χ1) is 9.55. The van der Waals surface area contributed by atoms with Crippen LogP contribution < -0.4 is 10.2 Å². The van der Waals surface area contributed by atoms with Crippen molar-refractivity contribution in [1.29, 1.82) is 0 Å². The zero-order chi connectivity index (χ0) is 14.3. The lowest BCUT2D eigenvalue weighted by Crippen LogP contribution is -2.64. The predicted molar refractivity (Wildman–Crippen MR) is 87.0 cm³/mol. The highest BCUT2D eigenvalue weighted by Crippen LogP contribution is 2.44. The Hall–Kier alpha value is -0.440. The first kappa shape index (κ1) is 14.5. The molecule has 2 atom stereocenters. The first-order valence-electron chi connectivity index (χ1n) is 7.51. The summed E-state index contributed by atoms with van der Waals surface area (Å²) in [5, 5.41) is 5.29. The number of hydrogen-bond donors (Lipinski definition) is 1. The Kier molecular flexibility index (Phi) is 3.91. The van der Waals surface area contributed by atoms with Crippen LogP contribution in [0.2, 0.25) is 10.0 Å². The van der Waals surface area contributed by atoms with E-state index in [0.717, 1.165) is 41.2 Å². The number of para-hydroxylation sites is 1. The second-order valence-electron chi connectivity index (χ2n) is 6.33. The molecule has 1 saturated carbocycles. The predicted octanol–water partition coefficient (Wildman–Crippen LogP) is 4.35. The van der Waals surface area contributed by atoms with Gasteiger partial charge in [-0.1, -0.05) is 36.2 Å². The lowest BCUT2D eigenvalue weighted by atomic mass is 9.90. The van der Waals surface area contributed by atoms with E-state index < -0.39 is 0 Å². The Labute approximate surface area is 131 Å². The van der Waals surface area contributed by atoms with Crippen LogP contribution >= 0.6 is 23.2 Å². The lowest BCUT2D eigenvalue weighted by Gasteiger charge is -2.48. The molecule has 20 heavy (non-hydrogen) atoms. The topological polar surface area (TPSA) is 15.3 Å². The van der Waals surface area contributed by atoms with Crippen molar-refractivity contribution in [3.8, 4) is 0 Å². The van der Waals surface area contributed by atoms with Gasteiger partial charge in [0.2, 0.25) is 0 Å². The molecule has 2 unspecified atom stereocenters. The van der Waals surface area contributed by atoms with Crippen molar-refractivity contribution in [1.82, 2.24) is 5.32 Å². The van der Waals surface area contributed by atoms with Crippen LogP contribution in [0, 0.1) is 5.92 Å². The van der Waals surface area contributed by atoms with Gasteiger partial charge in [0.15, 0.2) is 0 Å². The quantitative estimate of drug-likeness (QED) is 0.892. The van der Waals surface area contributed by atoms with Crippen molar-refractivity contribution >= 4 is 28.9 Å². The molecule has 2 nitrogen and oxygen atoms in total. The molecule has 4 heteroatoms. The second kappa shape index (κ2) is 5.40. The Morgan fingerprint density at radius 1 is 1.30 bits per heavy atom. The van der Waals surface area contributed by atoms with Gasteiger partial charge in [-0.05, 0) is 44.2 Å². The Morgan fingerprint density at radius 3 is 2.50 bits per heavy atom. The minimum atomic E-state index is 0.189. The average molecular weight is 313 g/mol. The van der Waals surface area contributed by atoms with Crippen LogP contribution in [-0.2, 0) is 0 Å². The SMILES string of the molecule is CCC1CNC(C)(C2CC2)CN1c1c(Cl)cccc1Cl. The molecule has 1 aliphatic carbocycles. The van der Waals surface area contributed by atoms with Gasteiger partial charge in [0.1, 0.15) is 0 Å². The normalized spacial score (nSPS) is 30.6. The summed E-state index contributed by atoms with van der Waals surface area (Å²) in [6, 6.07) is 6.24. The molecule has 0 radical (unpaired) electrons. The van der Waals surface area contributed by atoms with Gasteiger partial charge in [0.25, 0.3) is 0 Å². The van der Waals surface area contributed by atoms with E-state index in [4.69, 9.17) is 23.2 Å². The summed E-state index contributed by atoms with van der Waals surface area (Å²) in [7, 11) is 0. The van der Waals surface area contributed by atoms with E-state index >= 15 is 0 Å². The maximum atomic E-state index is 6.43. The van der Waals surface area contributed by atoms with Gasteiger partial charge in [0.05, 0.1) is 15.7 Å². The van der Waals surface area contributed by atoms with Crippen LogP contribution in [0.1, 0.15) is 33.1 Å². The van der Waals surface area contributed by atoms with Gasteiger partial charge in [-0.2, -0.15) is 0 Å². The molecule has 110 valence electrons. The zero-order valence-corrected chi connectivity index (χ0v) is 13.6. The second-order valence-corrected chi connectivity index (χ2v) is 7.15. The molecule has 1 heterocycles. The van der Waals surface area contributed by atoms with E-state index in [0.29, 0.717) is 6.04 Å². The third-order valence-electron chi connectivity index (χ3n) is 4.86. The van der Waals surface area contributed by atoms with Gasteiger partial charge in [-0.15, -0.1) is 0 Å². The Bertz CT molecular complexity index is 481. The molecule has 0 amide bonds. The number of piperazine rings is 1. The van der Waals surface area contributed by atoms with Crippen molar-refractivity contribution in [3.63, 3.8) is 0 Å². The van der Waals surface area contributed by atoms with Crippen LogP contribution in [0.4, 0.5) is 5.69 Å². The van der Waals surface area contributed by atoms with Crippen molar-refractivity contribution in [2.24, 2.45) is 5.92 Å². The summed E-state index contributed by atoms with van der Waals surface area (Å²) in [5.74, 6) is 0.795. The van der Waals surface area contributed by atoms with Crippen LogP contribution in [0.3, 0.4) is 0 Å². The Balaban J connectivity index is 1.95. The standard InChI is InChI=1S/C16H22Cl2N2/c1-3-12-9-19-16(2,11-7-8-11)10-20(12)15-13(17)5-4-6-14(15)18/h4-6,11-12,19H,3,7-10H2,1-2H3. The monoisotopic (exact) mass is 312 g/mol. The molecule has 3 rings (SSSR count). The Morgan fingerprint density at radius 2 is 1.95 bits per heavy atom. The van der Waals surface area contributed by atoms with Crippen molar-refractivity contribution in [3.05, 3.63) is 28.2 Å². The van der Waals surface area contributed by atoms with Gasteiger partial charge >= 0.3 is 0 Å². The number of hydrogen-bond acceptors (Lipinski definition) is 2. The smallest absolute Gasteiger partial charge is 0.0748 e. The van der Waals surface area contributed by atoms with Gasteiger partial charge in [0, 0.05) is 24.7 Å². The number of nitrogens with one attached hydrogen (secondary N) is 1. The number of anilines is 1. The van der Waals surface area contributed by atoms with E-state index in [9.17, 15) is 0 Å². The third-order valence-corrected chi connectivity index (χ3v) is 5.47. The van der Waals surface area contributed by atoms with E-state index in [1.54, 1.807) is 0 Å². The summed E-state index contributed by atoms with van der Waals surface area (Å²) in [5.41, 5.74) is 1.20. The molecular weight excluding hydrogens is 291 g/mol. The molecule has 1 aliphatic heterocycles. The summed E-state index contributed by atoms with van der Waals surface area (Å²) in [4.78, 5) is 2.43. The van der Waals surface area contributed by atoms with Crippen LogP contribution in [0.25, 0.3) is 0 Å². The molecule has 1 aromatic rings. The molecule has 1 aromatic carbocycles. The number of halogens is 2. The van der Waals surface area contributed by atoms with Crippen LogP contribution in [-0.4, -0.2) is 24.7 Å². The highest BCUT2D eigenvalue weighted by Gasteiger charge is 2.46. The largest absolute Gasteiger partial charge is 0.363 e. The molecule has 1 N–H and O–H groups in total. The summed E-state index contributed by atoms with van der Waals surface area (Å²) < 4.78 is 0. The fourth-order valence-electron chi connectivity index (χ4n) is 3.38. The lowest BCUT2D eigenvalue weighted by molar-refractivity contribution is 0.252. The zero-order valence-electron chi connectivity index (χ0n) is 12.1. The van der Waals surface area contributed by atoms with Gasteiger partial charge < -0.3 is 10.2 Å². The summed E-state index contributed by atoms with van der Waals surface area (Å²) in [6.07, 6.45) is 3.77. The van der Waals surface area contributed by atoms with Crippen molar-refractivity contribution < 1.29 is 0 Å². The van der Waals surface area contributed by atoms with Gasteiger partial charge in [-0.3, -0.25) is 0 Å². The molecule has 2 fully saturated rings. The van der Waals surface area contributed by atoms with E-state index in [2.05, 4.69) is 24.1 Å². The third kappa shape index (κ3) is 2.54. The fraction of sp³-hybridized carbons (Fsp3) is 0.625. The maximum Gasteiger partial charge on any atom is 0.0748 e.